The van der Waals surface area contributed by atoms with Crippen LogP contribution in [0.15, 0.2) is 12.2 Å². The standard InChI is InChI=1S/C20H28O7/c1-8-9-4-5-10-18-11(21)6-7-17(2,3)12(18)15(24)20(26,27-16(18)25)19(10,13(8)22)14(9)23/h9-12,14-16,21,23-26H,1,4-7H2,2-3H3/t9-,10-,11-,12+,14+,15-,16+,18-,19-,20+/m1/s1. The van der Waals surface area contributed by atoms with E-state index in [2.05, 4.69) is 6.58 Å². The summed E-state index contributed by atoms with van der Waals surface area (Å²) in [6.07, 6.45) is -3.43. The fourth-order valence-corrected chi connectivity index (χ4v) is 7.96. The molecule has 2 spiro atoms. The zero-order valence-electron chi connectivity index (χ0n) is 15.6. The van der Waals surface area contributed by atoms with Crippen LogP contribution in [0.25, 0.3) is 0 Å². The van der Waals surface area contributed by atoms with Crippen LogP contribution in [0.2, 0.25) is 0 Å². The van der Waals surface area contributed by atoms with E-state index in [0.717, 1.165) is 0 Å². The fraction of sp³-hybridized carbons (Fsp3) is 0.850. The minimum Gasteiger partial charge on any atom is -0.392 e. The summed E-state index contributed by atoms with van der Waals surface area (Å²) in [4.78, 5) is 13.4. The molecular weight excluding hydrogens is 352 g/mol. The number of carbonyl (C=O) groups is 1. The van der Waals surface area contributed by atoms with Gasteiger partial charge in [0, 0.05) is 11.8 Å². The first-order valence-corrected chi connectivity index (χ1v) is 9.85. The normalized spacial score (nSPS) is 60.9. The summed E-state index contributed by atoms with van der Waals surface area (Å²) in [5.74, 6) is -4.83. The van der Waals surface area contributed by atoms with Crippen LogP contribution < -0.4 is 0 Å². The Labute approximate surface area is 157 Å². The van der Waals surface area contributed by atoms with Crippen LogP contribution in [0.3, 0.4) is 0 Å². The molecule has 7 nitrogen and oxygen atoms in total. The van der Waals surface area contributed by atoms with E-state index in [1.807, 2.05) is 13.8 Å². The van der Waals surface area contributed by atoms with E-state index in [4.69, 9.17) is 4.74 Å². The lowest BCUT2D eigenvalue weighted by molar-refractivity contribution is -0.507. The maximum Gasteiger partial charge on any atom is 0.211 e. The first kappa shape index (κ1) is 18.2. The second-order valence-electron chi connectivity index (χ2n) is 10.0. The van der Waals surface area contributed by atoms with Gasteiger partial charge in [0.25, 0.3) is 0 Å². The topological polar surface area (TPSA) is 127 Å². The number of carbonyl (C=O) groups excluding carboxylic acids is 1. The smallest absolute Gasteiger partial charge is 0.211 e. The Hall–Kier alpha value is -0.830. The number of hydrogen-bond acceptors (Lipinski definition) is 7. The van der Waals surface area contributed by atoms with Gasteiger partial charge in [0.05, 0.1) is 17.6 Å². The van der Waals surface area contributed by atoms with Crippen LogP contribution in [0.4, 0.5) is 0 Å². The van der Waals surface area contributed by atoms with Crippen LogP contribution in [0, 0.1) is 34.0 Å². The highest BCUT2D eigenvalue weighted by Crippen LogP contribution is 2.77. The van der Waals surface area contributed by atoms with Crippen molar-refractivity contribution < 1.29 is 35.1 Å². The summed E-state index contributed by atoms with van der Waals surface area (Å²) >= 11 is 0. The summed E-state index contributed by atoms with van der Waals surface area (Å²) in [5.41, 5.74) is -3.41. The second kappa shape index (κ2) is 4.83. The molecule has 4 bridgehead atoms. The summed E-state index contributed by atoms with van der Waals surface area (Å²) in [6.45, 7) is 7.72. The number of Topliss-reactive ketones (excluding diaryl/α,β-unsaturated/α-hetero) is 1. The van der Waals surface area contributed by atoms with Crippen molar-refractivity contribution in [3.05, 3.63) is 12.2 Å². The zero-order chi connectivity index (χ0) is 19.7. The minimum atomic E-state index is -2.42. The molecule has 7 heteroatoms. The first-order valence-electron chi connectivity index (χ1n) is 9.85. The lowest BCUT2D eigenvalue weighted by Gasteiger charge is -2.75. The van der Waals surface area contributed by atoms with Gasteiger partial charge < -0.3 is 30.3 Å². The number of ether oxygens (including phenoxy) is 1. The molecule has 2 heterocycles. The number of rotatable bonds is 0. The molecule has 4 saturated carbocycles. The number of hydrogen-bond donors (Lipinski definition) is 5. The van der Waals surface area contributed by atoms with Gasteiger partial charge in [-0.3, -0.25) is 4.79 Å². The number of aliphatic hydroxyl groups is 5. The summed E-state index contributed by atoms with van der Waals surface area (Å²) in [6, 6.07) is 0. The largest absolute Gasteiger partial charge is 0.392 e. The van der Waals surface area contributed by atoms with Crippen molar-refractivity contribution >= 4 is 5.78 Å². The Bertz CT molecular complexity index is 749. The molecule has 6 fully saturated rings. The molecule has 0 unspecified atom stereocenters. The summed E-state index contributed by atoms with van der Waals surface area (Å²) in [7, 11) is 0. The van der Waals surface area contributed by atoms with Crippen LogP contribution in [-0.4, -0.2) is 61.7 Å². The Morgan fingerprint density at radius 3 is 2.41 bits per heavy atom. The summed E-state index contributed by atoms with van der Waals surface area (Å²) < 4.78 is 5.57. The van der Waals surface area contributed by atoms with Gasteiger partial charge in [-0.2, -0.15) is 0 Å². The zero-order valence-corrected chi connectivity index (χ0v) is 15.6. The van der Waals surface area contributed by atoms with Crippen molar-refractivity contribution in [2.45, 2.75) is 69.9 Å². The average Bonchev–Trinajstić information content (AvgIpc) is 2.70. The molecule has 0 amide bonds. The van der Waals surface area contributed by atoms with Gasteiger partial charge in [0.1, 0.15) is 11.5 Å². The van der Waals surface area contributed by atoms with Crippen molar-refractivity contribution in [1.82, 2.24) is 0 Å². The van der Waals surface area contributed by atoms with Crippen molar-refractivity contribution in [1.29, 1.82) is 0 Å². The molecular formula is C20H28O7. The molecule has 2 saturated heterocycles. The van der Waals surface area contributed by atoms with Gasteiger partial charge in [-0.1, -0.05) is 20.4 Å². The molecule has 0 aromatic heterocycles. The number of fused-ring (bicyclic) bond motifs is 2. The lowest BCUT2D eigenvalue weighted by atomic mass is 9.35. The Kier molecular flexibility index (Phi) is 3.26. The third-order valence-corrected chi connectivity index (χ3v) is 8.93. The molecule has 10 atom stereocenters. The van der Waals surface area contributed by atoms with E-state index in [0.29, 0.717) is 25.7 Å². The lowest BCUT2D eigenvalue weighted by Crippen LogP contribution is -2.87. The molecule has 27 heavy (non-hydrogen) atoms. The number of ketones is 1. The second-order valence-corrected chi connectivity index (χ2v) is 10.0. The van der Waals surface area contributed by atoms with Crippen molar-refractivity contribution in [2.24, 2.45) is 34.0 Å². The Balaban J connectivity index is 1.84. The van der Waals surface area contributed by atoms with E-state index in [1.54, 1.807) is 0 Å². The predicted octanol–water partition coefficient (Wildman–Crippen LogP) is -0.306. The maximum absolute atomic E-state index is 13.4. The maximum atomic E-state index is 13.4. The molecule has 5 N–H and O–H groups in total. The van der Waals surface area contributed by atoms with Crippen LogP contribution >= 0.6 is 0 Å². The van der Waals surface area contributed by atoms with Crippen molar-refractivity contribution in [3.63, 3.8) is 0 Å². The molecule has 6 aliphatic rings. The molecule has 6 rings (SSSR count). The average molecular weight is 380 g/mol. The van der Waals surface area contributed by atoms with Crippen LogP contribution in [-0.2, 0) is 9.53 Å². The minimum absolute atomic E-state index is 0.230. The highest BCUT2D eigenvalue weighted by molar-refractivity contribution is 6.05. The van der Waals surface area contributed by atoms with Gasteiger partial charge in [-0.15, -0.1) is 0 Å². The van der Waals surface area contributed by atoms with Gasteiger partial charge >= 0.3 is 0 Å². The van der Waals surface area contributed by atoms with Gasteiger partial charge in [0.15, 0.2) is 12.1 Å². The van der Waals surface area contributed by atoms with Crippen LogP contribution in [0.1, 0.15) is 39.5 Å². The Morgan fingerprint density at radius 2 is 1.74 bits per heavy atom. The van der Waals surface area contributed by atoms with E-state index in [1.165, 1.54) is 0 Å². The molecule has 150 valence electrons. The monoisotopic (exact) mass is 380 g/mol. The highest BCUT2D eigenvalue weighted by Gasteiger charge is 2.88. The van der Waals surface area contributed by atoms with Gasteiger partial charge in [0.2, 0.25) is 5.79 Å². The molecule has 0 aromatic rings. The van der Waals surface area contributed by atoms with Gasteiger partial charge in [-0.25, -0.2) is 0 Å². The van der Waals surface area contributed by atoms with Crippen molar-refractivity contribution in [3.8, 4) is 0 Å². The summed E-state index contributed by atoms with van der Waals surface area (Å²) in [5, 5.41) is 56.2. The highest BCUT2D eigenvalue weighted by atomic mass is 16.7. The molecule has 0 radical (unpaired) electrons. The van der Waals surface area contributed by atoms with E-state index in [-0.39, 0.29) is 5.57 Å². The molecule has 2 aliphatic heterocycles. The fourth-order valence-electron chi connectivity index (χ4n) is 7.96. The van der Waals surface area contributed by atoms with Gasteiger partial charge in [-0.05, 0) is 42.6 Å². The third-order valence-electron chi connectivity index (χ3n) is 8.93. The Morgan fingerprint density at radius 1 is 1.07 bits per heavy atom. The van der Waals surface area contributed by atoms with Crippen LogP contribution in [0.5, 0.6) is 0 Å². The SMILES string of the molecule is C=C1C(=O)[C@]23[C@H](CC[C@H]1[C@@H]2O)[C@@]12[C@H](O)CCC(C)(C)[C@@H]1[C@@H](O)[C@]3(O)O[C@@H]2O. The molecule has 4 aliphatic carbocycles. The van der Waals surface area contributed by atoms with Crippen molar-refractivity contribution in [2.75, 3.05) is 0 Å². The van der Waals surface area contributed by atoms with E-state index in [9.17, 15) is 30.3 Å². The third kappa shape index (κ3) is 1.52. The molecule has 0 aromatic carbocycles. The van der Waals surface area contributed by atoms with E-state index >= 15 is 0 Å². The number of aliphatic hydroxyl groups excluding tert-OH is 4. The predicted molar refractivity (Wildman–Crippen MR) is 91.8 cm³/mol. The first-order chi connectivity index (χ1) is 12.5. The quantitative estimate of drug-likeness (QED) is 0.365. The van der Waals surface area contributed by atoms with E-state index < -0.39 is 70.2 Å².